The average Bonchev–Trinajstić information content (AvgIpc) is 3.42. The maximum absolute atomic E-state index is 8.27. The first kappa shape index (κ1) is 17.1. The molecule has 0 spiro atoms. The van der Waals surface area contributed by atoms with Crippen LogP contribution in [0.5, 0.6) is 0 Å². The Kier molecular flexibility index (Phi) is 4.66. The van der Waals surface area contributed by atoms with Gasteiger partial charge in [0, 0.05) is 18.8 Å². The molecular weight excluding hydrogens is 326 g/mol. The number of nitrogens with one attached hydrogen (secondary N) is 2. The van der Waals surface area contributed by atoms with Gasteiger partial charge in [0.2, 0.25) is 5.90 Å². The molecule has 2 aromatic heterocycles. The number of rotatable bonds is 5. The summed E-state index contributed by atoms with van der Waals surface area (Å²) in [5, 5.41) is 17.4. The van der Waals surface area contributed by atoms with Crippen LogP contribution in [0.4, 0.5) is 5.69 Å². The molecule has 138 valence electrons. The Balaban J connectivity index is 1.64. The van der Waals surface area contributed by atoms with E-state index < -0.39 is 0 Å². The summed E-state index contributed by atoms with van der Waals surface area (Å²) in [4.78, 5) is 4.54. The molecule has 2 fully saturated rings. The van der Waals surface area contributed by atoms with Crippen LogP contribution in [0.15, 0.2) is 23.5 Å². The molecule has 2 aliphatic rings. The highest BCUT2D eigenvalue weighted by Gasteiger charge is 2.25. The number of anilines is 1. The summed E-state index contributed by atoms with van der Waals surface area (Å²) < 4.78 is 7.36. The van der Waals surface area contributed by atoms with E-state index in [4.69, 9.17) is 10.1 Å². The van der Waals surface area contributed by atoms with Crippen molar-refractivity contribution in [2.75, 3.05) is 11.9 Å². The standard InChI is InChI=1S/C20H27N5O/c1-3-25-20-17(12-23-25)18(16(11-22-20)19(21)26-4-2)24-15-9-7-14(8-10-15)13-5-6-13/h11-12,15,21H,3-10H2,1-2H3,(H,22,24). The molecule has 0 aliphatic heterocycles. The molecule has 0 aromatic carbocycles. The minimum absolute atomic E-state index is 0.172. The van der Waals surface area contributed by atoms with Crippen LogP contribution in [0.25, 0.3) is 11.0 Å². The van der Waals surface area contributed by atoms with Crippen molar-refractivity contribution in [1.29, 1.82) is 5.41 Å². The van der Waals surface area contributed by atoms with Gasteiger partial charge in [-0.2, -0.15) is 5.10 Å². The number of nitrogens with zero attached hydrogens (tertiary/aromatic N) is 3. The Morgan fingerprint density at radius 2 is 1.92 bits per heavy atom. The summed E-state index contributed by atoms with van der Waals surface area (Å²) in [6.07, 6.45) is 10.9. The van der Waals surface area contributed by atoms with Crippen molar-refractivity contribution in [3.63, 3.8) is 0 Å². The molecule has 6 nitrogen and oxygen atoms in total. The van der Waals surface area contributed by atoms with E-state index in [1.54, 1.807) is 17.3 Å². The van der Waals surface area contributed by atoms with E-state index in [0.717, 1.165) is 41.7 Å². The zero-order chi connectivity index (χ0) is 18.1. The molecule has 6 heteroatoms. The number of allylic oxidation sites excluding steroid dienone is 2. The van der Waals surface area contributed by atoms with Gasteiger partial charge in [-0.15, -0.1) is 0 Å². The van der Waals surface area contributed by atoms with E-state index in [0.29, 0.717) is 12.6 Å². The van der Waals surface area contributed by atoms with Gasteiger partial charge in [0.1, 0.15) is 0 Å². The molecule has 0 atom stereocenters. The molecule has 26 heavy (non-hydrogen) atoms. The lowest BCUT2D eigenvalue weighted by Gasteiger charge is -2.27. The number of fused-ring (bicyclic) bond motifs is 1. The number of hydrogen-bond acceptors (Lipinski definition) is 5. The van der Waals surface area contributed by atoms with Gasteiger partial charge in [-0.05, 0) is 52.4 Å². The average molecular weight is 353 g/mol. The zero-order valence-corrected chi connectivity index (χ0v) is 15.6. The molecule has 0 unspecified atom stereocenters. The smallest absolute Gasteiger partial charge is 0.216 e. The van der Waals surface area contributed by atoms with Crippen LogP contribution in [0, 0.1) is 5.41 Å². The van der Waals surface area contributed by atoms with Crippen LogP contribution in [-0.4, -0.2) is 33.3 Å². The van der Waals surface area contributed by atoms with E-state index in [1.165, 1.54) is 25.7 Å². The van der Waals surface area contributed by atoms with Gasteiger partial charge in [0.25, 0.3) is 0 Å². The molecule has 0 amide bonds. The van der Waals surface area contributed by atoms with Gasteiger partial charge in [0.15, 0.2) is 5.65 Å². The summed E-state index contributed by atoms with van der Waals surface area (Å²) >= 11 is 0. The highest BCUT2D eigenvalue weighted by Crippen LogP contribution is 2.39. The molecule has 2 heterocycles. The fourth-order valence-electron chi connectivity index (χ4n) is 3.89. The second kappa shape index (κ2) is 7.09. The second-order valence-electron chi connectivity index (χ2n) is 7.13. The van der Waals surface area contributed by atoms with Gasteiger partial charge in [-0.1, -0.05) is 11.1 Å². The molecule has 2 aromatic rings. The molecular formula is C20H27N5O. The van der Waals surface area contributed by atoms with E-state index in [-0.39, 0.29) is 5.90 Å². The second-order valence-corrected chi connectivity index (χ2v) is 7.13. The maximum atomic E-state index is 8.27. The molecule has 4 rings (SSSR count). The number of aryl methyl sites for hydroxylation is 1. The van der Waals surface area contributed by atoms with Crippen molar-refractivity contribution < 1.29 is 4.74 Å². The summed E-state index contributed by atoms with van der Waals surface area (Å²) in [6, 6.07) is 0.418. The van der Waals surface area contributed by atoms with Gasteiger partial charge in [-0.25, -0.2) is 9.67 Å². The van der Waals surface area contributed by atoms with Crippen LogP contribution in [0.3, 0.4) is 0 Å². The predicted octanol–water partition coefficient (Wildman–Crippen LogP) is 4.26. The third-order valence-corrected chi connectivity index (χ3v) is 5.44. The molecule has 0 saturated heterocycles. The van der Waals surface area contributed by atoms with E-state index in [1.807, 2.05) is 17.8 Å². The number of hydrogen-bond donors (Lipinski definition) is 2. The third-order valence-electron chi connectivity index (χ3n) is 5.44. The monoisotopic (exact) mass is 353 g/mol. The minimum Gasteiger partial charge on any atom is -0.478 e. The SMILES string of the molecule is CCOC(=N)c1cnc2c(cnn2CC)c1NC1CCC(=C2CC2)CC1. The van der Waals surface area contributed by atoms with Crippen molar-refractivity contribution in [1.82, 2.24) is 14.8 Å². The molecule has 0 radical (unpaired) electrons. The number of pyridine rings is 1. The summed E-state index contributed by atoms with van der Waals surface area (Å²) in [7, 11) is 0. The highest BCUT2D eigenvalue weighted by atomic mass is 16.5. The summed E-state index contributed by atoms with van der Waals surface area (Å²) in [5.41, 5.74) is 5.93. The van der Waals surface area contributed by atoms with E-state index in [9.17, 15) is 0 Å². The van der Waals surface area contributed by atoms with Gasteiger partial charge >= 0.3 is 0 Å². The van der Waals surface area contributed by atoms with Crippen LogP contribution in [-0.2, 0) is 11.3 Å². The fourth-order valence-corrected chi connectivity index (χ4v) is 3.89. The Morgan fingerprint density at radius 1 is 1.19 bits per heavy atom. The first-order valence-electron chi connectivity index (χ1n) is 9.73. The quantitative estimate of drug-likeness (QED) is 0.478. The van der Waals surface area contributed by atoms with Crippen molar-refractivity contribution in [3.8, 4) is 0 Å². The third kappa shape index (κ3) is 3.20. The first-order chi connectivity index (χ1) is 12.7. The maximum Gasteiger partial charge on any atom is 0.216 e. The molecule has 2 N–H and O–H groups in total. The fraction of sp³-hybridized carbons (Fsp3) is 0.550. The molecule has 0 bridgehead atoms. The van der Waals surface area contributed by atoms with Crippen LogP contribution in [0.2, 0.25) is 0 Å². The van der Waals surface area contributed by atoms with Gasteiger partial charge in [0.05, 0.1) is 29.4 Å². The Labute approximate surface area is 154 Å². The Morgan fingerprint density at radius 3 is 2.58 bits per heavy atom. The Bertz CT molecular complexity index is 850. The van der Waals surface area contributed by atoms with Gasteiger partial charge in [-0.3, -0.25) is 5.41 Å². The van der Waals surface area contributed by atoms with Crippen molar-refractivity contribution in [3.05, 3.63) is 29.1 Å². The lowest BCUT2D eigenvalue weighted by molar-refractivity contribution is 0.325. The number of ether oxygens (including phenoxy) is 1. The topological polar surface area (TPSA) is 75.8 Å². The van der Waals surface area contributed by atoms with Crippen molar-refractivity contribution in [2.45, 2.75) is 65.0 Å². The normalized spacial score (nSPS) is 19.7. The summed E-state index contributed by atoms with van der Waals surface area (Å²) in [6.45, 7) is 5.21. The molecule has 2 saturated carbocycles. The van der Waals surface area contributed by atoms with E-state index >= 15 is 0 Å². The van der Waals surface area contributed by atoms with E-state index in [2.05, 4.69) is 22.3 Å². The van der Waals surface area contributed by atoms with Crippen molar-refractivity contribution in [2.24, 2.45) is 0 Å². The first-order valence-corrected chi connectivity index (χ1v) is 9.73. The highest BCUT2D eigenvalue weighted by molar-refractivity contribution is 6.05. The zero-order valence-electron chi connectivity index (χ0n) is 15.6. The van der Waals surface area contributed by atoms with Gasteiger partial charge < -0.3 is 10.1 Å². The number of aromatic nitrogens is 3. The lowest BCUT2D eigenvalue weighted by Crippen LogP contribution is -2.25. The summed E-state index contributed by atoms with van der Waals surface area (Å²) in [5.74, 6) is 0.172. The van der Waals surface area contributed by atoms with Crippen LogP contribution >= 0.6 is 0 Å². The predicted molar refractivity (Wildman–Crippen MR) is 104 cm³/mol. The van der Waals surface area contributed by atoms with Crippen LogP contribution in [0.1, 0.15) is 57.9 Å². The lowest BCUT2D eigenvalue weighted by atomic mass is 9.90. The molecule has 2 aliphatic carbocycles. The minimum atomic E-state index is 0.172. The van der Waals surface area contributed by atoms with Crippen molar-refractivity contribution >= 4 is 22.6 Å². The Hall–Kier alpha value is -2.37. The van der Waals surface area contributed by atoms with Crippen LogP contribution < -0.4 is 5.32 Å². The largest absolute Gasteiger partial charge is 0.478 e.